The Balaban J connectivity index is 1.63. The van der Waals surface area contributed by atoms with E-state index in [1.165, 1.54) is 11.0 Å². The van der Waals surface area contributed by atoms with E-state index in [9.17, 15) is 9.18 Å². The fraction of sp³-hybridized carbons (Fsp3) is 0.611. The van der Waals surface area contributed by atoms with Crippen LogP contribution in [0.1, 0.15) is 33.1 Å². The van der Waals surface area contributed by atoms with Gasteiger partial charge in [0.2, 0.25) is 0 Å². The lowest BCUT2D eigenvalue weighted by Crippen LogP contribution is -2.45. The van der Waals surface area contributed by atoms with Crippen LogP contribution in [0.2, 0.25) is 0 Å². The molecule has 134 valence electrons. The standard InChI is InChI=1S/C18H24BFN2O3/c1-18(2,25-16-5-3-4-10-24-16)12-21-8-9-22(17(21)23)15-7-6-13(19)11-14(15)20/h6-7,11,16H,3-5,8-10,12H2,1-2H3. The number of hydrogen-bond acceptors (Lipinski definition) is 3. The maximum Gasteiger partial charge on any atom is 0.324 e. The molecule has 1 aromatic carbocycles. The summed E-state index contributed by atoms with van der Waals surface area (Å²) in [6.07, 6.45) is 2.81. The van der Waals surface area contributed by atoms with E-state index in [-0.39, 0.29) is 18.0 Å². The number of ether oxygens (including phenoxy) is 2. The van der Waals surface area contributed by atoms with Crippen LogP contribution in [-0.2, 0) is 9.47 Å². The number of rotatable bonds is 5. The van der Waals surface area contributed by atoms with E-state index in [4.69, 9.17) is 17.3 Å². The van der Waals surface area contributed by atoms with Crippen LogP contribution in [0.5, 0.6) is 0 Å². The fourth-order valence-electron chi connectivity index (χ4n) is 3.35. The van der Waals surface area contributed by atoms with Crippen molar-refractivity contribution in [1.82, 2.24) is 4.90 Å². The van der Waals surface area contributed by atoms with E-state index >= 15 is 0 Å². The molecular formula is C18H24BFN2O3. The van der Waals surface area contributed by atoms with Gasteiger partial charge in [0, 0.05) is 19.7 Å². The third kappa shape index (κ3) is 4.33. The fourth-order valence-corrected chi connectivity index (χ4v) is 3.35. The molecule has 2 aliphatic rings. The second kappa shape index (κ2) is 7.34. The van der Waals surface area contributed by atoms with Gasteiger partial charge in [-0.25, -0.2) is 9.18 Å². The van der Waals surface area contributed by atoms with Gasteiger partial charge in [-0.05, 0) is 45.2 Å². The number of nitrogens with zero attached hydrogens (tertiary/aromatic N) is 2. The number of hydrogen-bond donors (Lipinski definition) is 0. The first kappa shape index (κ1) is 18.2. The van der Waals surface area contributed by atoms with Gasteiger partial charge in [-0.3, -0.25) is 4.90 Å². The first-order chi connectivity index (χ1) is 11.9. The third-order valence-electron chi connectivity index (χ3n) is 4.52. The summed E-state index contributed by atoms with van der Waals surface area (Å²) < 4.78 is 25.8. The minimum Gasteiger partial charge on any atom is -0.353 e. The van der Waals surface area contributed by atoms with Gasteiger partial charge in [0.15, 0.2) is 6.29 Å². The Morgan fingerprint density at radius 2 is 2.16 bits per heavy atom. The lowest BCUT2D eigenvalue weighted by molar-refractivity contribution is -0.217. The van der Waals surface area contributed by atoms with E-state index in [2.05, 4.69) is 0 Å². The van der Waals surface area contributed by atoms with Crippen molar-refractivity contribution in [3.63, 3.8) is 0 Å². The summed E-state index contributed by atoms with van der Waals surface area (Å²) >= 11 is 0. The molecule has 2 heterocycles. The monoisotopic (exact) mass is 346 g/mol. The van der Waals surface area contributed by atoms with Crippen molar-refractivity contribution in [2.24, 2.45) is 0 Å². The number of carbonyl (C=O) groups is 1. The summed E-state index contributed by atoms with van der Waals surface area (Å²) in [7, 11) is 5.58. The van der Waals surface area contributed by atoms with Crippen LogP contribution in [0.4, 0.5) is 14.9 Å². The van der Waals surface area contributed by atoms with Gasteiger partial charge in [-0.1, -0.05) is 11.5 Å². The van der Waals surface area contributed by atoms with Gasteiger partial charge >= 0.3 is 6.03 Å². The highest BCUT2D eigenvalue weighted by atomic mass is 19.1. The second-order valence-corrected chi connectivity index (χ2v) is 7.24. The minimum atomic E-state index is -0.534. The molecule has 2 radical (unpaired) electrons. The Bertz CT molecular complexity index is 635. The first-order valence-corrected chi connectivity index (χ1v) is 8.77. The summed E-state index contributed by atoms with van der Waals surface area (Å²) in [5, 5.41) is 0. The molecule has 1 atom stereocenters. The van der Waals surface area contributed by atoms with Crippen LogP contribution in [0.25, 0.3) is 0 Å². The molecule has 25 heavy (non-hydrogen) atoms. The topological polar surface area (TPSA) is 42.0 Å². The highest BCUT2D eigenvalue weighted by Gasteiger charge is 2.36. The number of carbonyl (C=O) groups excluding carboxylic acids is 1. The molecule has 0 aliphatic carbocycles. The zero-order valence-electron chi connectivity index (χ0n) is 14.8. The zero-order valence-corrected chi connectivity index (χ0v) is 14.8. The molecule has 0 spiro atoms. The number of anilines is 1. The maximum atomic E-state index is 14.1. The van der Waals surface area contributed by atoms with Crippen LogP contribution < -0.4 is 10.4 Å². The average Bonchev–Trinajstić information content (AvgIpc) is 2.88. The number of halogens is 1. The molecule has 3 rings (SSSR count). The third-order valence-corrected chi connectivity index (χ3v) is 4.52. The van der Waals surface area contributed by atoms with E-state index in [1.54, 1.807) is 17.0 Å². The van der Waals surface area contributed by atoms with Gasteiger partial charge in [0.05, 0.1) is 17.8 Å². The molecule has 1 aromatic rings. The molecule has 0 bridgehead atoms. The Morgan fingerprint density at radius 1 is 1.36 bits per heavy atom. The molecular weight excluding hydrogens is 322 g/mol. The molecule has 2 aliphatic heterocycles. The van der Waals surface area contributed by atoms with Crippen molar-refractivity contribution in [2.75, 3.05) is 31.1 Å². The second-order valence-electron chi connectivity index (χ2n) is 7.24. The molecule has 2 amide bonds. The van der Waals surface area contributed by atoms with Crippen LogP contribution in [0.15, 0.2) is 18.2 Å². The first-order valence-electron chi connectivity index (χ1n) is 8.77. The maximum absolute atomic E-state index is 14.1. The van der Waals surface area contributed by atoms with Gasteiger partial charge in [-0.15, -0.1) is 0 Å². The van der Waals surface area contributed by atoms with E-state index in [0.717, 1.165) is 19.3 Å². The number of urea groups is 1. The molecule has 5 nitrogen and oxygen atoms in total. The summed E-state index contributed by atoms with van der Waals surface area (Å²) in [5.74, 6) is -0.485. The predicted octanol–water partition coefficient (Wildman–Crippen LogP) is 2.18. The minimum absolute atomic E-state index is 0.216. The van der Waals surface area contributed by atoms with Crippen molar-refractivity contribution < 1.29 is 18.7 Å². The van der Waals surface area contributed by atoms with Crippen LogP contribution >= 0.6 is 0 Å². The number of benzene rings is 1. The van der Waals surface area contributed by atoms with Crippen molar-refractivity contribution in [2.45, 2.75) is 45.0 Å². The van der Waals surface area contributed by atoms with Crippen molar-refractivity contribution >= 4 is 25.0 Å². The molecule has 2 saturated heterocycles. The normalized spacial score (nSPS) is 21.9. The van der Waals surface area contributed by atoms with Crippen molar-refractivity contribution in [1.29, 1.82) is 0 Å². The van der Waals surface area contributed by atoms with Gasteiger partial charge in [-0.2, -0.15) is 0 Å². The van der Waals surface area contributed by atoms with Crippen LogP contribution in [-0.4, -0.2) is 56.9 Å². The van der Waals surface area contributed by atoms with E-state index < -0.39 is 11.4 Å². The number of amides is 2. The highest BCUT2D eigenvalue weighted by molar-refractivity contribution is 6.32. The Hall–Kier alpha value is -1.60. The predicted molar refractivity (Wildman–Crippen MR) is 94.9 cm³/mol. The molecule has 0 aromatic heterocycles. The van der Waals surface area contributed by atoms with E-state index in [0.29, 0.717) is 31.7 Å². The molecule has 7 heteroatoms. The summed E-state index contributed by atoms with van der Waals surface area (Å²) in [5.41, 5.74) is 0.0654. The summed E-state index contributed by atoms with van der Waals surface area (Å²) in [6, 6.07) is 4.16. The molecule has 0 saturated carbocycles. The van der Waals surface area contributed by atoms with Crippen molar-refractivity contribution in [3.05, 3.63) is 24.0 Å². The van der Waals surface area contributed by atoms with Crippen LogP contribution in [0, 0.1) is 5.82 Å². The van der Waals surface area contributed by atoms with Gasteiger partial charge in [0.1, 0.15) is 13.7 Å². The Labute approximate surface area is 149 Å². The van der Waals surface area contributed by atoms with Crippen molar-refractivity contribution in [3.8, 4) is 0 Å². The molecule has 1 unspecified atom stereocenters. The summed E-state index contributed by atoms with van der Waals surface area (Å²) in [6.45, 7) is 6.01. The SMILES string of the molecule is [B]c1ccc(N2CCN(CC(C)(C)OC3CCCCO3)C2=O)c(F)c1. The lowest BCUT2D eigenvalue weighted by atomic mass is 9.96. The zero-order chi connectivity index (χ0) is 18.0. The Morgan fingerprint density at radius 3 is 2.84 bits per heavy atom. The smallest absolute Gasteiger partial charge is 0.324 e. The average molecular weight is 346 g/mol. The quantitative estimate of drug-likeness (QED) is 0.768. The summed E-state index contributed by atoms with van der Waals surface area (Å²) in [4.78, 5) is 15.8. The lowest BCUT2D eigenvalue weighted by Gasteiger charge is -2.35. The van der Waals surface area contributed by atoms with Gasteiger partial charge in [0.25, 0.3) is 0 Å². The van der Waals surface area contributed by atoms with Crippen LogP contribution in [0.3, 0.4) is 0 Å². The highest BCUT2D eigenvalue weighted by Crippen LogP contribution is 2.26. The van der Waals surface area contributed by atoms with E-state index in [1.807, 2.05) is 13.8 Å². The molecule has 0 N–H and O–H groups in total. The van der Waals surface area contributed by atoms with Gasteiger partial charge < -0.3 is 14.4 Å². The molecule has 2 fully saturated rings. The largest absolute Gasteiger partial charge is 0.353 e. The Kier molecular flexibility index (Phi) is 5.34.